The zero-order valence-electron chi connectivity index (χ0n) is 34.7. The van der Waals surface area contributed by atoms with Gasteiger partial charge in [-0.2, -0.15) is 0 Å². The first kappa shape index (κ1) is 40.9. The van der Waals surface area contributed by atoms with E-state index in [1.54, 1.807) is 179 Å². The zero-order chi connectivity index (χ0) is 37.3. The second kappa shape index (κ2) is 16.4. The normalized spacial score (nSPS) is 52.5. The number of unbranched alkanes of at least 4 members (excludes halogenated alkanes) is 2. The van der Waals surface area contributed by atoms with Gasteiger partial charge in [-0.3, -0.25) is 0 Å². The van der Waals surface area contributed by atoms with Gasteiger partial charge in [0.2, 0.25) is 0 Å². The summed E-state index contributed by atoms with van der Waals surface area (Å²) in [5, 5.41) is 3.52. The van der Waals surface area contributed by atoms with Crippen molar-refractivity contribution in [3.05, 3.63) is 6.65 Å². The minimum atomic E-state index is 0.285. The van der Waals surface area contributed by atoms with Crippen LogP contribution in [0, 0.1) is 77.7 Å². The van der Waals surface area contributed by atoms with Gasteiger partial charge in [0.25, 0.3) is 0 Å². The van der Waals surface area contributed by atoms with Gasteiger partial charge in [0.15, 0.2) is 0 Å². The summed E-state index contributed by atoms with van der Waals surface area (Å²) < 4.78 is 7.50. The Labute approximate surface area is 349 Å². The molecule has 0 N–H and O–H groups in total. The molecular weight excluding hydrogens is 803 g/mol. The summed E-state index contributed by atoms with van der Waals surface area (Å²) in [5.74, 6) is 13.9. The molecule has 16 fully saturated rings. The quantitative estimate of drug-likeness (QED) is 0.0902. The Balaban J connectivity index is 0.000000131. The zero-order valence-corrected chi connectivity index (χ0v) is 39.0. The van der Waals surface area contributed by atoms with Crippen LogP contribution in [0.2, 0.25) is 0 Å². The molecule has 16 aliphatic rings. The van der Waals surface area contributed by atoms with Gasteiger partial charge in [0.05, 0.1) is 0 Å². The molecule has 0 radical (unpaired) electrons. The Morgan fingerprint density at radius 1 is 0.389 bits per heavy atom. The van der Waals surface area contributed by atoms with Crippen molar-refractivity contribution in [2.24, 2.45) is 71.0 Å². The Morgan fingerprint density at radius 2 is 0.537 bits per heavy atom. The topological polar surface area (TPSA) is 19.9 Å². The van der Waals surface area contributed by atoms with E-state index >= 15 is 0 Å². The average molecular weight is 882 g/mol. The first-order valence-corrected chi connectivity index (χ1v) is 29.5. The molecule has 0 amide bonds. The van der Waals surface area contributed by atoms with Crippen molar-refractivity contribution in [3.63, 3.8) is 0 Å². The summed E-state index contributed by atoms with van der Waals surface area (Å²) in [7, 11) is 5.14. The molecule has 16 rings (SSSR count). The maximum atomic E-state index is 7.50. The van der Waals surface area contributed by atoms with Gasteiger partial charge < -0.3 is 0 Å². The van der Waals surface area contributed by atoms with Gasteiger partial charge in [-0.1, -0.05) is 42.5 Å². The molecule has 0 aromatic heterocycles. The molecule has 0 aromatic rings. The SMILES string of the molecule is CCCCP(C12CC3CC(CC(C3)C1)C2)C12CC3CC(CC(C3)C1)C2.CCCCP(C12CC3CC(CC(C3)C1)C2)C12CC3CC(CC(C3)C1)C2.[C-]#[O+].[Cl][Ru]. The third-order valence-corrected chi connectivity index (χ3v) is 28.1. The minimum absolute atomic E-state index is 0.285. The standard InChI is InChI=1S/2C24H39P.CO.ClH.Ru/c2*1-2-3-4-25(23-11-17-5-18(12-23)7-19(6-17)13-23)24-14-20-8-21(15-24)10-22(9-20)16-24;1-2;;/h2*17-22H,2-16H2,1H3;;1H;/q;;;;+1/p-1. The van der Waals surface area contributed by atoms with Crippen molar-refractivity contribution in [1.82, 2.24) is 0 Å². The fraction of sp³-hybridized carbons (Fsp3) is 0.980. The Kier molecular flexibility index (Phi) is 12.4. The second-order valence-corrected chi connectivity index (χ2v) is 30.0. The van der Waals surface area contributed by atoms with Crippen LogP contribution >= 0.6 is 25.5 Å². The molecule has 1 nitrogen and oxygen atoms in total. The molecule has 54 heavy (non-hydrogen) atoms. The number of rotatable bonds is 10. The van der Waals surface area contributed by atoms with Crippen molar-refractivity contribution < 1.29 is 22.0 Å². The van der Waals surface area contributed by atoms with Crippen LogP contribution in [-0.2, 0) is 22.0 Å². The molecule has 0 heterocycles. The maximum absolute atomic E-state index is 7.50. The van der Waals surface area contributed by atoms with Crippen molar-refractivity contribution in [1.29, 1.82) is 0 Å². The van der Waals surface area contributed by atoms with Crippen molar-refractivity contribution in [3.8, 4) is 0 Å². The molecular formula is C49H78ClOP2Ru. The molecule has 16 bridgehead atoms. The van der Waals surface area contributed by atoms with E-state index in [0.717, 1.165) is 91.6 Å². The van der Waals surface area contributed by atoms with E-state index in [2.05, 4.69) is 30.2 Å². The summed E-state index contributed by atoms with van der Waals surface area (Å²) >= 11 is 1.82. The molecule has 0 unspecified atom stereocenters. The molecule has 16 saturated carbocycles. The van der Waals surface area contributed by atoms with Crippen LogP contribution in [0.25, 0.3) is 0 Å². The van der Waals surface area contributed by atoms with E-state index < -0.39 is 0 Å². The average Bonchev–Trinajstić information content (AvgIpc) is 3.11. The molecule has 0 aliphatic heterocycles. The van der Waals surface area contributed by atoms with Crippen LogP contribution in [0.4, 0.5) is 0 Å². The first-order chi connectivity index (χ1) is 26.3. The van der Waals surface area contributed by atoms with Gasteiger partial charge in [-0.05, 0) is 271 Å². The van der Waals surface area contributed by atoms with Crippen LogP contribution in [-0.4, -0.2) is 32.9 Å². The van der Waals surface area contributed by atoms with Crippen molar-refractivity contribution in [2.75, 3.05) is 12.3 Å². The summed E-state index contributed by atoms with van der Waals surface area (Å²) in [6, 6.07) is 0. The molecule has 0 spiro atoms. The second-order valence-electron chi connectivity index (χ2n) is 23.6. The monoisotopic (exact) mass is 881 g/mol. The molecule has 305 valence electrons. The Bertz CT molecular complexity index is 1000. The third kappa shape index (κ3) is 7.37. The molecule has 0 atom stereocenters. The Morgan fingerprint density at radius 3 is 0.667 bits per heavy atom. The number of halogens is 1. The van der Waals surface area contributed by atoms with E-state index in [1.165, 1.54) is 12.8 Å². The fourth-order valence-corrected chi connectivity index (χ4v) is 31.1. The predicted octanol–water partition coefficient (Wildman–Crippen LogP) is 15.1. The summed E-state index contributed by atoms with van der Waals surface area (Å²) in [6.45, 7) is 9.40. The molecule has 5 heteroatoms. The molecule has 0 saturated heterocycles. The molecule has 16 aliphatic carbocycles. The van der Waals surface area contributed by atoms with E-state index in [1.807, 2.05) is 17.3 Å². The van der Waals surface area contributed by atoms with Crippen molar-refractivity contribution in [2.45, 2.75) is 214 Å². The van der Waals surface area contributed by atoms with E-state index in [0.29, 0.717) is 0 Å². The van der Waals surface area contributed by atoms with Crippen LogP contribution in [0.5, 0.6) is 0 Å². The summed E-state index contributed by atoms with van der Waals surface area (Å²) in [4.78, 5) is 0. The summed E-state index contributed by atoms with van der Waals surface area (Å²) in [6.07, 6.45) is 49.2. The van der Waals surface area contributed by atoms with Crippen LogP contribution < -0.4 is 0 Å². The Hall–Kier alpha value is 1.51. The van der Waals surface area contributed by atoms with E-state index in [-0.39, 0.29) is 15.8 Å². The van der Waals surface area contributed by atoms with E-state index in [4.69, 9.17) is 4.65 Å². The van der Waals surface area contributed by atoms with Crippen LogP contribution in [0.15, 0.2) is 0 Å². The van der Waals surface area contributed by atoms with Gasteiger partial charge in [-0.15, -0.1) is 0 Å². The van der Waals surface area contributed by atoms with Gasteiger partial charge in [0, 0.05) is 0 Å². The number of hydrogen-bond acceptors (Lipinski definition) is 0. The van der Waals surface area contributed by atoms with Crippen LogP contribution in [0.1, 0.15) is 194 Å². The first-order valence-electron chi connectivity index (χ1n) is 24.2. The fourth-order valence-electron chi connectivity index (χ4n) is 20.2. The summed E-state index contributed by atoms with van der Waals surface area (Å²) in [5.41, 5.74) is 0. The number of hydrogen-bond donors (Lipinski definition) is 0. The predicted molar refractivity (Wildman–Crippen MR) is 227 cm³/mol. The van der Waals surface area contributed by atoms with Gasteiger partial charge in [-0.25, -0.2) is 0 Å². The molecule has 0 aromatic carbocycles. The van der Waals surface area contributed by atoms with Gasteiger partial charge in [0.1, 0.15) is 0 Å². The van der Waals surface area contributed by atoms with Crippen LogP contribution in [0.3, 0.4) is 0 Å². The van der Waals surface area contributed by atoms with Crippen molar-refractivity contribution >= 4 is 25.5 Å². The van der Waals surface area contributed by atoms with Gasteiger partial charge >= 0.3 is 38.3 Å². The van der Waals surface area contributed by atoms with E-state index in [9.17, 15) is 0 Å². The third-order valence-electron chi connectivity index (χ3n) is 19.8.